The van der Waals surface area contributed by atoms with Crippen LogP contribution in [0.2, 0.25) is 0 Å². The fourth-order valence-electron chi connectivity index (χ4n) is 0.651. The summed E-state index contributed by atoms with van der Waals surface area (Å²) in [5.74, 6) is -1.57. The van der Waals surface area contributed by atoms with Crippen molar-refractivity contribution in [3.8, 4) is 0 Å². The second kappa shape index (κ2) is 5.27. The molecule has 0 unspecified atom stereocenters. The number of aliphatic carboxylic acids is 1. The van der Waals surface area contributed by atoms with E-state index in [0.29, 0.717) is 5.56 Å². The average molecular weight is 327 g/mol. The molecule has 0 bridgehead atoms. The van der Waals surface area contributed by atoms with Gasteiger partial charge in [0.15, 0.2) is 6.61 Å². The van der Waals surface area contributed by atoms with Crippen LogP contribution in [0.4, 0.5) is 0 Å². The lowest BCUT2D eigenvalue weighted by molar-refractivity contribution is -0.144. The minimum atomic E-state index is -1.13. The lowest BCUT2D eigenvalue weighted by atomic mass is 10.3. The lowest BCUT2D eigenvalue weighted by Gasteiger charge is -2.00. The predicted octanol–water partition coefficient (Wildman–Crippen LogP) is 1.10. The molecule has 76 valence electrons. The van der Waals surface area contributed by atoms with Gasteiger partial charge in [-0.05, 0) is 28.7 Å². The van der Waals surface area contributed by atoms with E-state index < -0.39 is 18.5 Å². The standard InChI is InChI=1S/C7H6INO4S/c8-5-1-4(3-14-5)7(12)9-13-2-6(10)11/h1,3H,2H2,(H,9,12)(H,10,11). The number of carbonyl (C=O) groups excluding carboxylic acids is 1. The molecule has 2 N–H and O–H groups in total. The van der Waals surface area contributed by atoms with E-state index in [-0.39, 0.29) is 0 Å². The van der Waals surface area contributed by atoms with Crippen LogP contribution < -0.4 is 5.48 Å². The van der Waals surface area contributed by atoms with Crippen LogP contribution in [0.25, 0.3) is 0 Å². The highest BCUT2D eigenvalue weighted by atomic mass is 127. The molecule has 0 aliphatic carbocycles. The smallest absolute Gasteiger partial charge is 0.332 e. The Balaban J connectivity index is 2.39. The molecule has 1 heterocycles. The van der Waals surface area contributed by atoms with Gasteiger partial charge in [0.05, 0.1) is 8.45 Å². The lowest BCUT2D eigenvalue weighted by Crippen LogP contribution is -2.26. The molecule has 0 radical (unpaired) electrons. The fraction of sp³-hybridized carbons (Fsp3) is 0.143. The summed E-state index contributed by atoms with van der Waals surface area (Å²) < 4.78 is 0.978. The summed E-state index contributed by atoms with van der Waals surface area (Å²) in [5, 5.41) is 9.89. The van der Waals surface area contributed by atoms with Crippen LogP contribution in [0, 0.1) is 2.88 Å². The Morgan fingerprint density at radius 2 is 2.36 bits per heavy atom. The summed E-state index contributed by atoms with van der Waals surface area (Å²) in [6.45, 7) is -0.549. The second-order valence-corrected chi connectivity index (χ2v) is 5.06. The van der Waals surface area contributed by atoms with Crippen molar-refractivity contribution in [1.29, 1.82) is 0 Å². The topological polar surface area (TPSA) is 75.6 Å². The molecule has 0 aliphatic rings. The molecular formula is C7H6INO4S. The van der Waals surface area contributed by atoms with Crippen LogP contribution in [-0.2, 0) is 9.63 Å². The van der Waals surface area contributed by atoms with Crippen LogP contribution in [0.1, 0.15) is 10.4 Å². The van der Waals surface area contributed by atoms with Gasteiger partial charge < -0.3 is 5.11 Å². The number of thiophene rings is 1. The van der Waals surface area contributed by atoms with Crippen LogP contribution >= 0.6 is 33.9 Å². The molecule has 1 aromatic heterocycles. The van der Waals surface area contributed by atoms with Crippen molar-refractivity contribution < 1.29 is 19.5 Å². The monoisotopic (exact) mass is 327 g/mol. The van der Waals surface area contributed by atoms with E-state index in [9.17, 15) is 9.59 Å². The van der Waals surface area contributed by atoms with Gasteiger partial charge in [-0.15, -0.1) is 11.3 Å². The molecule has 0 saturated carbocycles. The zero-order valence-corrected chi connectivity index (χ0v) is 9.79. The molecule has 0 atom stereocenters. The zero-order valence-electron chi connectivity index (χ0n) is 6.82. The van der Waals surface area contributed by atoms with Crippen LogP contribution in [-0.4, -0.2) is 23.6 Å². The van der Waals surface area contributed by atoms with E-state index >= 15 is 0 Å². The first-order valence-electron chi connectivity index (χ1n) is 3.47. The number of carboxylic acid groups (broad SMARTS) is 1. The molecular weight excluding hydrogens is 321 g/mol. The summed E-state index contributed by atoms with van der Waals surface area (Å²) in [4.78, 5) is 25.7. The van der Waals surface area contributed by atoms with E-state index in [1.807, 2.05) is 5.48 Å². The summed E-state index contributed by atoms with van der Waals surface area (Å²) in [6.07, 6.45) is 0. The molecule has 0 spiro atoms. The van der Waals surface area contributed by atoms with Gasteiger partial charge in [-0.3, -0.25) is 9.63 Å². The maximum atomic E-state index is 11.2. The quantitative estimate of drug-likeness (QED) is 0.641. The first kappa shape index (κ1) is 11.4. The van der Waals surface area contributed by atoms with Crippen molar-refractivity contribution >= 4 is 45.8 Å². The summed E-state index contributed by atoms with van der Waals surface area (Å²) in [6, 6.07) is 1.69. The van der Waals surface area contributed by atoms with Gasteiger partial charge in [-0.2, -0.15) is 0 Å². The van der Waals surface area contributed by atoms with Crippen molar-refractivity contribution in [2.24, 2.45) is 0 Å². The number of hydroxylamine groups is 1. The molecule has 7 heteroatoms. The van der Waals surface area contributed by atoms with Gasteiger partial charge in [0, 0.05) is 5.38 Å². The Labute approximate surface area is 97.2 Å². The van der Waals surface area contributed by atoms with Crippen molar-refractivity contribution in [2.75, 3.05) is 6.61 Å². The number of carboxylic acids is 1. The Morgan fingerprint density at radius 1 is 1.64 bits per heavy atom. The number of carbonyl (C=O) groups is 2. The molecule has 0 aromatic carbocycles. The molecule has 1 aromatic rings. The van der Waals surface area contributed by atoms with E-state index in [1.165, 1.54) is 11.3 Å². The van der Waals surface area contributed by atoms with Crippen molar-refractivity contribution in [2.45, 2.75) is 0 Å². The largest absolute Gasteiger partial charge is 0.479 e. The third-order valence-electron chi connectivity index (χ3n) is 1.19. The normalized spacial score (nSPS) is 9.79. The molecule has 0 aliphatic heterocycles. The van der Waals surface area contributed by atoms with Gasteiger partial charge in [0.25, 0.3) is 5.91 Å². The molecule has 14 heavy (non-hydrogen) atoms. The molecule has 0 fully saturated rings. The summed E-state index contributed by atoms with van der Waals surface area (Å²) in [5.41, 5.74) is 2.49. The van der Waals surface area contributed by atoms with Gasteiger partial charge in [0.2, 0.25) is 0 Å². The van der Waals surface area contributed by atoms with Crippen molar-refractivity contribution in [1.82, 2.24) is 5.48 Å². The van der Waals surface area contributed by atoms with Crippen molar-refractivity contribution in [3.63, 3.8) is 0 Å². The number of amides is 1. The van der Waals surface area contributed by atoms with Crippen LogP contribution in [0.5, 0.6) is 0 Å². The van der Waals surface area contributed by atoms with Gasteiger partial charge in [-0.25, -0.2) is 10.3 Å². The fourth-order valence-corrected chi connectivity index (χ4v) is 1.98. The van der Waals surface area contributed by atoms with E-state index in [1.54, 1.807) is 11.4 Å². The number of nitrogens with one attached hydrogen (secondary N) is 1. The molecule has 5 nitrogen and oxygen atoms in total. The SMILES string of the molecule is O=C(O)CONC(=O)c1csc(I)c1. The number of hydrogen-bond donors (Lipinski definition) is 2. The van der Waals surface area contributed by atoms with Crippen molar-refractivity contribution in [3.05, 3.63) is 19.9 Å². The van der Waals surface area contributed by atoms with Crippen LogP contribution in [0.15, 0.2) is 11.4 Å². The van der Waals surface area contributed by atoms with E-state index in [0.717, 1.165) is 2.88 Å². The Hall–Kier alpha value is -0.670. The first-order valence-corrected chi connectivity index (χ1v) is 5.43. The molecule has 1 rings (SSSR count). The highest BCUT2D eigenvalue weighted by molar-refractivity contribution is 14.1. The number of halogens is 1. The van der Waals surface area contributed by atoms with E-state index in [2.05, 4.69) is 27.4 Å². The summed E-state index contributed by atoms with van der Waals surface area (Å²) in [7, 11) is 0. The highest BCUT2D eigenvalue weighted by Gasteiger charge is 2.08. The first-order chi connectivity index (χ1) is 6.59. The van der Waals surface area contributed by atoms with Gasteiger partial charge in [-0.1, -0.05) is 0 Å². The minimum Gasteiger partial charge on any atom is -0.479 e. The predicted molar refractivity (Wildman–Crippen MR) is 58.1 cm³/mol. The number of rotatable bonds is 4. The Kier molecular flexibility index (Phi) is 4.29. The Bertz CT molecular complexity index is 351. The van der Waals surface area contributed by atoms with Crippen LogP contribution in [0.3, 0.4) is 0 Å². The Morgan fingerprint density at radius 3 is 2.86 bits per heavy atom. The average Bonchev–Trinajstić information content (AvgIpc) is 2.51. The zero-order chi connectivity index (χ0) is 10.6. The number of hydrogen-bond acceptors (Lipinski definition) is 4. The third kappa shape index (κ3) is 3.60. The van der Waals surface area contributed by atoms with Gasteiger partial charge >= 0.3 is 5.97 Å². The molecule has 1 amide bonds. The maximum Gasteiger partial charge on any atom is 0.332 e. The van der Waals surface area contributed by atoms with Gasteiger partial charge in [0.1, 0.15) is 0 Å². The third-order valence-corrected chi connectivity index (χ3v) is 2.98. The van der Waals surface area contributed by atoms with E-state index in [4.69, 9.17) is 5.11 Å². The second-order valence-electron chi connectivity index (χ2n) is 2.25. The maximum absolute atomic E-state index is 11.2. The summed E-state index contributed by atoms with van der Waals surface area (Å²) >= 11 is 3.51. The molecule has 0 saturated heterocycles. The minimum absolute atomic E-state index is 0.439. The highest BCUT2D eigenvalue weighted by Crippen LogP contribution is 2.16.